The molecule has 0 fully saturated rings. The summed E-state index contributed by atoms with van der Waals surface area (Å²) in [5.41, 5.74) is 0. The van der Waals surface area contributed by atoms with E-state index in [-0.39, 0.29) is 0 Å². The Labute approximate surface area is 104 Å². The number of rotatable bonds is 1. The van der Waals surface area contributed by atoms with Gasteiger partial charge in [0.15, 0.2) is 0 Å². The molecule has 0 bridgehead atoms. The van der Waals surface area contributed by atoms with Gasteiger partial charge in [-0.05, 0) is 0 Å². The summed E-state index contributed by atoms with van der Waals surface area (Å²) in [4.78, 5) is 0. The molecular formula is C9H13NaO3S. The average Bonchev–Trinajstić information content (AvgIpc) is 2.20. The molecule has 0 saturated carbocycles. The Morgan fingerprint density at radius 2 is 1.29 bits per heavy atom. The van der Waals surface area contributed by atoms with E-state index in [0.717, 1.165) is 0 Å². The zero-order valence-electron chi connectivity index (χ0n) is 8.17. The zero-order chi connectivity index (χ0) is 11.2. The Morgan fingerprint density at radius 3 is 1.36 bits per heavy atom. The Morgan fingerprint density at radius 1 is 1.14 bits per heavy atom. The quantitative estimate of drug-likeness (QED) is 0.329. The van der Waals surface area contributed by atoms with E-state index in [1.165, 1.54) is 31.6 Å². The van der Waals surface area contributed by atoms with Gasteiger partial charge in [-0.25, -0.2) is 8.42 Å². The van der Waals surface area contributed by atoms with Crippen LogP contribution in [0.1, 0.15) is 0 Å². The van der Waals surface area contributed by atoms with Crippen molar-refractivity contribution in [3.8, 4) is 0 Å². The van der Waals surface area contributed by atoms with Crippen molar-refractivity contribution in [2.75, 3.05) is 0 Å². The molecule has 74 valence electrons. The van der Waals surface area contributed by atoms with E-state index in [4.69, 9.17) is 13.0 Å². The Hall–Kier alpha value is -0.130. The van der Waals surface area contributed by atoms with Crippen LogP contribution >= 0.6 is 0 Å². The first-order valence-electron chi connectivity index (χ1n) is 4.09. The van der Waals surface area contributed by atoms with Crippen molar-refractivity contribution in [1.29, 1.82) is 0 Å². The standard InChI is InChI=1S/C6H6.C3H5.Na.H2O3S/c1-2-4-6-5-3-1;1-3-2;;1-4(2)3/h1-6H;3H,1-2H2;;4H,(H,1,2,3). The number of hydrogen-bond donors (Lipinski definition) is 2. The van der Waals surface area contributed by atoms with Gasteiger partial charge in [0.2, 0.25) is 0 Å². The molecule has 0 atom stereocenters. The molecule has 0 spiro atoms. The first-order valence-corrected chi connectivity index (χ1v) is 6.63. The van der Waals surface area contributed by atoms with Gasteiger partial charge in [-0.1, -0.05) is 36.4 Å². The third kappa shape index (κ3) is 29.7. The predicted molar refractivity (Wildman–Crippen MR) is 60.1 cm³/mol. The van der Waals surface area contributed by atoms with E-state index < -0.39 is 11.0 Å². The van der Waals surface area contributed by atoms with E-state index in [1.54, 1.807) is 0 Å². The molecule has 0 radical (unpaired) electrons. The fraction of sp³-hybridized carbons (Fsp3) is 0.111. The molecule has 0 heterocycles. The van der Waals surface area contributed by atoms with Crippen LogP contribution in [0.4, 0.5) is 0 Å². The monoisotopic (exact) mass is 224 g/mol. The summed E-state index contributed by atoms with van der Waals surface area (Å²) in [6.45, 7) is 3.51. The minimum atomic E-state index is -3.12. The molecule has 0 amide bonds. The summed E-state index contributed by atoms with van der Waals surface area (Å²) in [5, 5.41) is 0. The fourth-order valence-corrected chi connectivity index (χ4v) is 0.385. The van der Waals surface area contributed by atoms with Gasteiger partial charge in [0.05, 0.1) is 0 Å². The summed E-state index contributed by atoms with van der Waals surface area (Å²) in [6, 6.07) is 12.0. The van der Waals surface area contributed by atoms with Crippen LogP contribution in [0.15, 0.2) is 49.1 Å². The van der Waals surface area contributed by atoms with Gasteiger partial charge in [0.1, 0.15) is 0 Å². The largest absolute Gasteiger partial charge is 0.288 e. The van der Waals surface area contributed by atoms with Crippen LogP contribution in [-0.4, -0.2) is 40.9 Å². The van der Waals surface area contributed by atoms with Crippen molar-refractivity contribution in [2.45, 2.75) is 3.67 Å². The number of thiol groups is 1. The van der Waals surface area contributed by atoms with E-state index in [2.05, 4.69) is 6.58 Å². The van der Waals surface area contributed by atoms with Crippen LogP contribution in [-0.2, 0) is 11.0 Å². The molecule has 3 nitrogen and oxygen atoms in total. The van der Waals surface area contributed by atoms with Crippen molar-refractivity contribution < 1.29 is 13.0 Å². The molecule has 14 heavy (non-hydrogen) atoms. The van der Waals surface area contributed by atoms with Crippen LogP contribution < -0.4 is 0 Å². The van der Waals surface area contributed by atoms with Gasteiger partial charge in [0.25, 0.3) is 11.0 Å². The number of hydrogen-bond acceptors (Lipinski definition) is 2. The zero-order valence-corrected chi connectivity index (χ0v) is 11.1. The van der Waals surface area contributed by atoms with Gasteiger partial charge in [-0.2, -0.15) is 0 Å². The second kappa shape index (κ2) is 15.3. The van der Waals surface area contributed by atoms with Crippen molar-refractivity contribution in [3.05, 3.63) is 49.1 Å². The van der Waals surface area contributed by atoms with E-state index in [0.29, 0.717) is 0 Å². The number of allylic oxidation sites excluding steroid dienone is 1. The molecule has 0 aromatic heterocycles. The molecule has 1 rings (SSSR count). The topological polar surface area (TPSA) is 54.4 Å². The second-order valence-electron chi connectivity index (χ2n) is 2.09. The minimum absolute atomic E-state index is 1.22. The van der Waals surface area contributed by atoms with Crippen LogP contribution in [0.2, 0.25) is 3.67 Å². The SMILES string of the molecule is C=C[CH2][Na].O=[SH](=O)O.c1ccccc1. The van der Waals surface area contributed by atoms with Crippen LogP contribution in [0.25, 0.3) is 0 Å². The van der Waals surface area contributed by atoms with Crippen LogP contribution in [0, 0.1) is 0 Å². The normalized spacial score (nSPS) is 7.71. The molecule has 0 aliphatic heterocycles. The van der Waals surface area contributed by atoms with Gasteiger partial charge >= 0.3 is 44.3 Å². The third-order valence-electron chi connectivity index (χ3n) is 0.955. The van der Waals surface area contributed by atoms with E-state index >= 15 is 0 Å². The minimum Gasteiger partial charge on any atom is -0.288 e. The van der Waals surface area contributed by atoms with Gasteiger partial charge < -0.3 is 0 Å². The van der Waals surface area contributed by atoms with E-state index in [9.17, 15) is 0 Å². The molecule has 5 heteroatoms. The maximum absolute atomic E-state index is 8.59. The van der Waals surface area contributed by atoms with Crippen molar-refractivity contribution in [1.82, 2.24) is 0 Å². The predicted octanol–water partition coefficient (Wildman–Crippen LogP) is 1.52. The van der Waals surface area contributed by atoms with Crippen LogP contribution in [0.3, 0.4) is 0 Å². The fourth-order valence-electron chi connectivity index (χ4n) is 0.385. The molecule has 1 N–H and O–H groups in total. The van der Waals surface area contributed by atoms with E-state index in [1.807, 2.05) is 42.5 Å². The van der Waals surface area contributed by atoms with Gasteiger partial charge in [-0.15, -0.1) is 0 Å². The summed E-state index contributed by atoms with van der Waals surface area (Å²) >= 11 is 1.27. The summed E-state index contributed by atoms with van der Waals surface area (Å²) in [5.74, 6) is 0. The first-order chi connectivity index (χ1) is 6.65. The molecule has 1 aromatic rings. The maximum atomic E-state index is 8.59. The van der Waals surface area contributed by atoms with Gasteiger partial charge in [-0.3, -0.25) is 4.55 Å². The molecular weight excluding hydrogens is 211 g/mol. The van der Waals surface area contributed by atoms with Crippen molar-refractivity contribution >= 4 is 38.9 Å². The summed E-state index contributed by atoms with van der Waals surface area (Å²) in [7, 11) is -3.12. The smallest absolute Gasteiger partial charge is 0.254 e. The Balaban J connectivity index is 0. The van der Waals surface area contributed by atoms with Crippen LogP contribution in [0.5, 0.6) is 0 Å². The Bertz CT molecular complexity index is 238. The molecule has 0 aliphatic carbocycles. The maximum Gasteiger partial charge on any atom is 0.254 e. The number of benzene rings is 1. The van der Waals surface area contributed by atoms with Crippen molar-refractivity contribution in [3.63, 3.8) is 0 Å². The average molecular weight is 224 g/mol. The molecule has 0 saturated heterocycles. The first kappa shape index (κ1) is 16.3. The Kier molecular flexibility index (Phi) is 17.9. The van der Waals surface area contributed by atoms with Gasteiger partial charge in [0, 0.05) is 0 Å². The molecule has 0 unspecified atom stereocenters. The summed E-state index contributed by atoms with van der Waals surface area (Å²) in [6.07, 6.45) is 1.94. The molecule has 0 aliphatic rings. The second-order valence-corrected chi connectivity index (χ2v) is 3.38. The molecule has 1 aromatic carbocycles. The third-order valence-corrected chi connectivity index (χ3v) is 1.53. The summed E-state index contributed by atoms with van der Waals surface area (Å²) < 4.78 is 25.4. The van der Waals surface area contributed by atoms with Crippen molar-refractivity contribution in [2.24, 2.45) is 0 Å².